The molecule has 0 aliphatic rings. The molecule has 1 aromatic heterocycles. The molecular formula is C8H9N3OS. The molecule has 0 spiro atoms. The van der Waals surface area contributed by atoms with Crippen molar-refractivity contribution < 1.29 is 4.79 Å². The minimum absolute atomic E-state index is 0.118. The van der Waals surface area contributed by atoms with Gasteiger partial charge in [-0.05, 0) is 6.92 Å². The van der Waals surface area contributed by atoms with Gasteiger partial charge in [-0.2, -0.15) is 5.26 Å². The third kappa shape index (κ3) is 2.26. The number of hydrogen-bond donors (Lipinski definition) is 0. The molecule has 0 unspecified atom stereocenters. The highest BCUT2D eigenvalue weighted by atomic mass is 32.1. The van der Waals surface area contributed by atoms with Crippen molar-refractivity contribution in [3.05, 3.63) is 16.6 Å². The minimum Gasteiger partial charge on any atom is -0.324 e. The van der Waals surface area contributed by atoms with E-state index in [1.165, 1.54) is 16.2 Å². The number of thiazole rings is 1. The third-order valence-electron chi connectivity index (χ3n) is 1.58. The second-order valence-corrected chi connectivity index (χ2v) is 3.07. The normalized spacial score (nSPS) is 9.23. The molecule has 13 heavy (non-hydrogen) atoms. The molecule has 0 radical (unpaired) electrons. The van der Waals surface area contributed by atoms with Gasteiger partial charge < -0.3 is 4.90 Å². The summed E-state index contributed by atoms with van der Waals surface area (Å²) < 4.78 is 0. The van der Waals surface area contributed by atoms with Crippen molar-refractivity contribution >= 4 is 17.2 Å². The van der Waals surface area contributed by atoms with Crippen LogP contribution in [0.2, 0.25) is 0 Å². The Morgan fingerprint density at radius 1 is 1.85 bits per heavy atom. The Hall–Kier alpha value is -1.41. The summed E-state index contributed by atoms with van der Waals surface area (Å²) in [4.78, 5) is 16.9. The van der Waals surface area contributed by atoms with Gasteiger partial charge in [0.25, 0.3) is 5.91 Å². The van der Waals surface area contributed by atoms with Crippen LogP contribution in [0.3, 0.4) is 0 Å². The van der Waals surface area contributed by atoms with Crippen LogP contribution >= 0.6 is 11.3 Å². The molecule has 0 N–H and O–H groups in total. The highest BCUT2D eigenvalue weighted by Gasteiger charge is 2.14. The second kappa shape index (κ2) is 4.58. The Bertz CT molecular complexity index is 315. The molecule has 0 aliphatic carbocycles. The monoisotopic (exact) mass is 195 g/mol. The van der Waals surface area contributed by atoms with E-state index in [1.807, 2.05) is 13.0 Å². The van der Waals surface area contributed by atoms with Crippen LogP contribution in [0.5, 0.6) is 0 Å². The van der Waals surface area contributed by atoms with Crippen LogP contribution in [0.15, 0.2) is 10.9 Å². The number of aromatic nitrogens is 1. The predicted octanol–water partition coefficient (Wildman–Crippen LogP) is 1.13. The molecule has 0 aromatic carbocycles. The topological polar surface area (TPSA) is 57.0 Å². The zero-order valence-corrected chi connectivity index (χ0v) is 8.04. The first-order valence-electron chi connectivity index (χ1n) is 3.84. The Morgan fingerprint density at radius 2 is 2.62 bits per heavy atom. The number of hydrogen-bond acceptors (Lipinski definition) is 4. The fourth-order valence-corrected chi connectivity index (χ4v) is 1.42. The summed E-state index contributed by atoms with van der Waals surface area (Å²) >= 11 is 1.37. The summed E-state index contributed by atoms with van der Waals surface area (Å²) in [5, 5.41) is 10.1. The number of amides is 1. The van der Waals surface area contributed by atoms with Crippen molar-refractivity contribution in [2.24, 2.45) is 0 Å². The number of nitriles is 1. The zero-order chi connectivity index (χ0) is 9.68. The summed E-state index contributed by atoms with van der Waals surface area (Å²) in [5.74, 6) is -0.176. The molecule has 1 amide bonds. The summed E-state index contributed by atoms with van der Waals surface area (Å²) in [7, 11) is 0. The van der Waals surface area contributed by atoms with E-state index in [4.69, 9.17) is 5.26 Å². The average Bonchev–Trinajstić information content (AvgIpc) is 2.65. The number of carbonyl (C=O) groups is 1. The van der Waals surface area contributed by atoms with Gasteiger partial charge in [0.05, 0.1) is 11.6 Å². The fourth-order valence-electron chi connectivity index (χ4n) is 0.893. The molecule has 4 nitrogen and oxygen atoms in total. The van der Waals surface area contributed by atoms with Crippen LogP contribution in [-0.2, 0) is 0 Å². The summed E-state index contributed by atoms with van der Waals surface area (Å²) in [6.07, 6.45) is 0. The molecule has 1 rings (SSSR count). The van der Waals surface area contributed by atoms with Gasteiger partial charge in [-0.1, -0.05) is 0 Å². The van der Waals surface area contributed by atoms with Crippen molar-refractivity contribution in [1.29, 1.82) is 5.26 Å². The van der Waals surface area contributed by atoms with E-state index in [-0.39, 0.29) is 12.5 Å². The first-order valence-corrected chi connectivity index (χ1v) is 4.78. The van der Waals surface area contributed by atoms with Gasteiger partial charge >= 0.3 is 0 Å². The fraction of sp³-hybridized carbons (Fsp3) is 0.375. The second-order valence-electron chi connectivity index (χ2n) is 2.35. The van der Waals surface area contributed by atoms with Crippen LogP contribution in [0.1, 0.15) is 17.4 Å². The largest absolute Gasteiger partial charge is 0.324 e. The lowest BCUT2D eigenvalue weighted by Crippen LogP contribution is -2.31. The number of nitrogens with zero attached hydrogens (tertiary/aromatic N) is 3. The van der Waals surface area contributed by atoms with Crippen LogP contribution < -0.4 is 0 Å². The maximum Gasteiger partial charge on any atom is 0.274 e. The quantitative estimate of drug-likeness (QED) is 0.679. The van der Waals surface area contributed by atoms with Gasteiger partial charge in [-0.15, -0.1) is 11.3 Å². The standard InChI is InChI=1S/C8H9N3OS/c1-2-11(4-3-9)8(12)7-5-13-6-10-7/h5-6H,2,4H2,1H3. The lowest BCUT2D eigenvalue weighted by Gasteiger charge is -2.14. The molecule has 5 heteroatoms. The maximum absolute atomic E-state index is 11.5. The Kier molecular flexibility index (Phi) is 3.41. The molecule has 1 heterocycles. The average molecular weight is 195 g/mol. The van der Waals surface area contributed by atoms with Crippen molar-refractivity contribution in [1.82, 2.24) is 9.88 Å². The van der Waals surface area contributed by atoms with E-state index in [0.717, 1.165) is 0 Å². The first kappa shape index (κ1) is 9.68. The van der Waals surface area contributed by atoms with Gasteiger partial charge in [0.2, 0.25) is 0 Å². The Labute approximate surface area is 80.4 Å². The van der Waals surface area contributed by atoms with E-state index in [0.29, 0.717) is 12.2 Å². The van der Waals surface area contributed by atoms with E-state index in [2.05, 4.69) is 4.98 Å². The summed E-state index contributed by atoms with van der Waals surface area (Å²) in [6.45, 7) is 2.48. The molecule has 0 saturated heterocycles. The van der Waals surface area contributed by atoms with Gasteiger partial charge in [-0.25, -0.2) is 4.98 Å². The SMILES string of the molecule is CCN(CC#N)C(=O)c1cscn1. The first-order chi connectivity index (χ1) is 6.29. The smallest absolute Gasteiger partial charge is 0.274 e. The van der Waals surface area contributed by atoms with Crippen LogP contribution in [-0.4, -0.2) is 28.9 Å². The summed E-state index contributed by atoms with van der Waals surface area (Å²) in [5.41, 5.74) is 2.02. The zero-order valence-electron chi connectivity index (χ0n) is 7.23. The molecule has 68 valence electrons. The highest BCUT2D eigenvalue weighted by molar-refractivity contribution is 7.07. The van der Waals surface area contributed by atoms with Crippen LogP contribution in [0.25, 0.3) is 0 Å². The number of rotatable bonds is 3. The lowest BCUT2D eigenvalue weighted by molar-refractivity contribution is 0.0779. The molecule has 0 atom stereocenters. The molecule has 0 aliphatic heterocycles. The highest BCUT2D eigenvalue weighted by Crippen LogP contribution is 2.04. The van der Waals surface area contributed by atoms with E-state index < -0.39 is 0 Å². The Morgan fingerprint density at radius 3 is 3.08 bits per heavy atom. The summed E-state index contributed by atoms with van der Waals surface area (Å²) in [6, 6.07) is 1.94. The van der Waals surface area contributed by atoms with Crippen molar-refractivity contribution in [3.8, 4) is 6.07 Å². The number of carbonyl (C=O) groups excluding carboxylic acids is 1. The Balaban J connectivity index is 2.72. The van der Waals surface area contributed by atoms with Crippen LogP contribution in [0.4, 0.5) is 0 Å². The minimum atomic E-state index is -0.176. The van der Waals surface area contributed by atoms with Crippen molar-refractivity contribution in [2.45, 2.75) is 6.92 Å². The van der Waals surface area contributed by atoms with Crippen molar-refractivity contribution in [3.63, 3.8) is 0 Å². The van der Waals surface area contributed by atoms with Gasteiger partial charge in [-0.3, -0.25) is 4.79 Å². The molecule has 0 bridgehead atoms. The van der Waals surface area contributed by atoms with Gasteiger partial charge in [0, 0.05) is 11.9 Å². The molecule has 0 saturated carbocycles. The van der Waals surface area contributed by atoms with Crippen molar-refractivity contribution in [2.75, 3.05) is 13.1 Å². The van der Waals surface area contributed by atoms with E-state index >= 15 is 0 Å². The van der Waals surface area contributed by atoms with Gasteiger partial charge in [0.1, 0.15) is 12.2 Å². The van der Waals surface area contributed by atoms with Crippen LogP contribution in [0, 0.1) is 11.3 Å². The molecule has 0 fully saturated rings. The maximum atomic E-state index is 11.5. The lowest BCUT2D eigenvalue weighted by atomic mass is 10.4. The molecular weight excluding hydrogens is 186 g/mol. The predicted molar refractivity (Wildman–Crippen MR) is 49.3 cm³/mol. The van der Waals surface area contributed by atoms with E-state index in [1.54, 1.807) is 10.9 Å². The van der Waals surface area contributed by atoms with Gasteiger partial charge in [0.15, 0.2) is 0 Å². The third-order valence-corrected chi connectivity index (χ3v) is 2.17. The molecule has 1 aromatic rings. The van der Waals surface area contributed by atoms with E-state index in [9.17, 15) is 4.79 Å².